The first-order chi connectivity index (χ1) is 15.9. The normalized spacial score (nSPS) is 17.6. The maximum absolute atomic E-state index is 13.1. The smallest absolute Gasteiger partial charge is 0.295 e. The zero-order valence-electron chi connectivity index (χ0n) is 19.7. The summed E-state index contributed by atoms with van der Waals surface area (Å²) in [5.74, 6) is -0.296. The van der Waals surface area contributed by atoms with E-state index in [1.54, 1.807) is 24.3 Å². The molecule has 0 bridgehead atoms. The quantitative estimate of drug-likeness (QED) is 0.335. The van der Waals surface area contributed by atoms with E-state index in [1.165, 1.54) is 4.90 Å². The van der Waals surface area contributed by atoms with Gasteiger partial charge in [-0.3, -0.25) is 9.59 Å². The van der Waals surface area contributed by atoms with E-state index in [4.69, 9.17) is 9.47 Å². The summed E-state index contributed by atoms with van der Waals surface area (Å²) < 4.78 is 11.3. The van der Waals surface area contributed by atoms with Gasteiger partial charge in [0.25, 0.3) is 11.7 Å². The van der Waals surface area contributed by atoms with Gasteiger partial charge >= 0.3 is 0 Å². The van der Waals surface area contributed by atoms with Gasteiger partial charge < -0.3 is 24.4 Å². The van der Waals surface area contributed by atoms with Crippen molar-refractivity contribution in [2.24, 2.45) is 0 Å². The minimum atomic E-state index is -0.717. The van der Waals surface area contributed by atoms with Crippen LogP contribution in [0.2, 0.25) is 0 Å². The molecule has 2 aromatic rings. The van der Waals surface area contributed by atoms with E-state index in [0.717, 1.165) is 6.42 Å². The minimum Gasteiger partial charge on any atom is -0.507 e. The number of carbonyl (C=O) groups is 2. The molecule has 1 fully saturated rings. The van der Waals surface area contributed by atoms with Crippen LogP contribution >= 0.6 is 0 Å². The highest BCUT2D eigenvalue weighted by Gasteiger charge is 2.46. The molecule has 1 aliphatic heterocycles. The maximum atomic E-state index is 13.1. The summed E-state index contributed by atoms with van der Waals surface area (Å²) in [6, 6.07) is 13.5. The zero-order valence-corrected chi connectivity index (χ0v) is 19.7. The van der Waals surface area contributed by atoms with Gasteiger partial charge in [-0.25, -0.2) is 0 Å². The van der Waals surface area contributed by atoms with Crippen molar-refractivity contribution in [2.75, 3.05) is 40.4 Å². The predicted molar refractivity (Wildman–Crippen MR) is 127 cm³/mol. The van der Waals surface area contributed by atoms with Crippen LogP contribution in [0.3, 0.4) is 0 Å². The number of rotatable bonds is 10. The molecule has 1 unspecified atom stereocenters. The predicted octanol–water partition coefficient (Wildman–Crippen LogP) is 3.86. The first kappa shape index (κ1) is 24.3. The number of nitrogens with zero attached hydrogens (tertiary/aromatic N) is 2. The Bertz CT molecular complexity index is 1030. The fourth-order valence-electron chi connectivity index (χ4n) is 3.81. The first-order valence-corrected chi connectivity index (χ1v) is 11.3. The van der Waals surface area contributed by atoms with Gasteiger partial charge in [-0.15, -0.1) is 0 Å². The van der Waals surface area contributed by atoms with Crippen LogP contribution in [0.25, 0.3) is 5.76 Å². The number of carbonyl (C=O) groups excluding carboxylic acids is 2. The van der Waals surface area contributed by atoms with E-state index in [-0.39, 0.29) is 11.3 Å². The molecule has 176 valence electrons. The van der Waals surface area contributed by atoms with Gasteiger partial charge in [-0.1, -0.05) is 31.2 Å². The highest BCUT2D eigenvalue weighted by Crippen LogP contribution is 2.40. The molecular weight excluding hydrogens is 420 g/mol. The van der Waals surface area contributed by atoms with Crippen LogP contribution in [-0.4, -0.2) is 67.0 Å². The number of likely N-dealkylation sites (tertiary alicyclic amines) is 1. The molecule has 7 heteroatoms. The molecule has 0 aromatic heterocycles. The molecule has 0 aliphatic carbocycles. The zero-order chi connectivity index (χ0) is 24.0. The second-order valence-corrected chi connectivity index (χ2v) is 8.18. The molecule has 1 saturated heterocycles. The van der Waals surface area contributed by atoms with Crippen LogP contribution in [-0.2, 0) is 9.59 Å². The number of ketones is 1. The summed E-state index contributed by atoms with van der Waals surface area (Å²) >= 11 is 0. The standard InChI is InChI=1S/C26H32N2O5/c1-5-15-33-21-12-7-9-18(16-21)23-22(25(30)26(31)28(23)14-13-27(3)4)24(29)19-10-8-11-20(17-19)32-6-2/h7-12,16-17,23,29H,5-6,13-15H2,1-4H3/b24-22-. The molecule has 1 atom stereocenters. The lowest BCUT2D eigenvalue weighted by molar-refractivity contribution is -0.140. The molecule has 1 heterocycles. The number of Topliss-reactive ketones (excluding diaryl/α,β-unsaturated/α-hetero) is 1. The van der Waals surface area contributed by atoms with Crippen molar-refractivity contribution in [2.45, 2.75) is 26.3 Å². The van der Waals surface area contributed by atoms with E-state index in [0.29, 0.717) is 48.9 Å². The summed E-state index contributed by atoms with van der Waals surface area (Å²) in [6.45, 7) is 5.86. The summed E-state index contributed by atoms with van der Waals surface area (Å²) in [4.78, 5) is 29.6. The van der Waals surface area contributed by atoms with Gasteiger partial charge in [-0.2, -0.15) is 0 Å². The highest BCUT2D eigenvalue weighted by atomic mass is 16.5. The van der Waals surface area contributed by atoms with Crippen molar-refractivity contribution in [3.8, 4) is 11.5 Å². The van der Waals surface area contributed by atoms with E-state index in [9.17, 15) is 14.7 Å². The van der Waals surface area contributed by atoms with E-state index < -0.39 is 17.7 Å². The lowest BCUT2D eigenvalue weighted by Gasteiger charge is -2.27. The van der Waals surface area contributed by atoms with Crippen LogP contribution in [0.4, 0.5) is 0 Å². The fourth-order valence-corrected chi connectivity index (χ4v) is 3.81. The largest absolute Gasteiger partial charge is 0.507 e. The summed E-state index contributed by atoms with van der Waals surface area (Å²) in [7, 11) is 3.81. The van der Waals surface area contributed by atoms with Gasteiger partial charge in [0.1, 0.15) is 17.3 Å². The average Bonchev–Trinajstić information content (AvgIpc) is 3.06. The molecule has 0 radical (unpaired) electrons. The molecule has 1 N–H and O–H groups in total. The third-order valence-electron chi connectivity index (χ3n) is 5.39. The average molecular weight is 453 g/mol. The molecule has 1 aliphatic rings. The van der Waals surface area contributed by atoms with Crippen molar-refractivity contribution in [3.63, 3.8) is 0 Å². The Morgan fingerprint density at radius 2 is 1.73 bits per heavy atom. The van der Waals surface area contributed by atoms with Crippen LogP contribution in [0.1, 0.15) is 37.4 Å². The maximum Gasteiger partial charge on any atom is 0.295 e. The molecule has 3 rings (SSSR count). The number of aliphatic hydroxyl groups excluding tert-OH is 1. The Balaban J connectivity index is 2.12. The van der Waals surface area contributed by atoms with Gasteiger partial charge in [0.05, 0.1) is 24.8 Å². The van der Waals surface area contributed by atoms with Gasteiger partial charge in [0.15, 0.2) is 0 Å². The summed E-state index contributed by atoms with van der Waals surface area (Å²) in [6.07, 6.45) is 0.863. The Hall–Kier alpha value is -3.32. The molecule has 7 nitrogen and oxygen atoms in total. The molecule has 2 aromatic carbocycles. The lowest BCUT2D eigenvalue weighted by atomic mass is 9.95. The number of hydrogen-bond donors (Lipinski definition) is 1. The summed E-state index contributed by atoms with van der Waals surface area (Å²) in [5.41, 5.74) is 1.21. The second-order valence-electron chi connectivity index (χ2n) is 8.18. The molecule has 0 saturated carbocycles. The third-order valence-corrected chi connectivity index (χ3v) is 5.39. The van der Waals surface area contributed by atoms with Crippen molar-refractivity contribution in [1.82, 2.24) is 9.80 Å². The molecule has 1 amide bonds. The molecular formula is C26H32N2O5. The number of amides is 1. The fraction of sp³-hybridized carbons (Fsp3) is 0.385. The van der Waals surface area contributed by atoms with E-state index >= 15 is 0 Å². The van der Waals surface area contributed by atoms with E-state index in [1.807, 2.05) is 57.1 Å². The van der Waals surface area contributed by atoms with Crippen LogP contribution < -0.4 is 9.47 Å². The SMILES string of the molecule is CCCOc1cccc(C2/C(=C(/O)c3cccc(OCC)c3)C(=O)C(=O)N2CCN(C)C)c1. The number of ether oxygens (including phenoxy) is 2. The first-order valence-electron chi connectivity index (χ1n) is 11.3. The van der Waals surface area contributed by atoms with Gasteiger partial charge in [-0.05, 0) is 57.3 Å². The Kier molecular flexibility index (Phi) is 8.11. The van der Waals surface area contributed by atoms with Gasteiger partial charge in [0.2, 0.25) is 0 Å². The Morgan fingerprint density at radius 3 is 2.39 bits per heavy atom. The van der Waals surface area contributed by atoms with Crippen molar-refractivity contribution in [3.05, 3.63) is 65.2 Å². The van der Waals surface area contributed by atoms with Gasteiger partial charge in [0, 0.05) is 18.7 Å². The van der Waals surface area contributed by atoms with Crippen LogP contribution in [0.5, 0.6) is 11.5 Å². The van der Waals surface area contributed by atoms with Crippen molar-refractivity contribution < 1.29 is 24.2 Å². The second kappa shape index (κ2) is 11.0. The van der Waals surface area contributed by atoms with Crippen molar-refractivity contribution in [1.29, 1.82) is 0 Å². The topological polar surface area (TPSA) is 79.3 Å². The Morgan fingerprint density at radius 1 is 1.03 bits per heavy atom. The monoisotopic (exact) mass is 452 g/mol. The number of hydrogen-bond acceptors (Lipinski definition) is 6. The molecule has 0 spiro atoms. The van der Waals surface area contributed by atoms with E-state index in [2.05, 4.69) is 0 Å². The third kappa shape index (κ3) is 5.54. The minimum absolute atomic E-state index is 0.0695. The van der Waals surface area contributed by atoms with Crippen LogP contribution in [0.15, 0.2) is 54.1 Å². The lowest BCUT2D eigenvalue weighted by Crippen LogP contribution is -2.35. The van der Waals surface area contributed by atoms with Crippen LogP contribution in [0, 0.1) is 0 Å². The number of aliphatic hydroxyl groups is 1. The summed E-state index contributed by atoms with van der Waals surface area (Å²) in [5, 5.41) is 11.2. The molecule has 33 heavy (non-hydrogen) atoms. The number of likely N-dealkylation sites (N-methyl/N-ethyl adjacent to an activating group) is 1. The van der Waals surface area contributed by atoms with Crippen molar-refractivity contribution >= 4 is 17.4 Å². The Labute approximate surface area is 195 Å². The number of benzene rings is 2. The highest BCUT2D eigenvalue weighted by molar-refractivity contribution is 6.46.